The quantitative estimate of drug-likeness (QED) is 0.552. The Kier molecular flexibility index (Phi) is 7.56. The number of carbonyl (C=O) groups excluding carboxylic acids is 1. The summed E-state index contributed by atoms with van der Waals surface area (Å²) in [4.78, 5) is 13.2. The van der Waals surface area contributed by atoms with Crippen LogP contribution in [0.1, 0.15) is 19.8 Å². The Labute approximate surface area is 109 Å². The van der Waals surface area contributed by atoms with E-state index in [0.717, 1.165) is 45.6 Å². The van der Waals surface area contributed by atoms with E-state index in [9.17, 15) is 4.79 Å². The highest BCUT2D eigenvalue weighted by atomic mass is 35.5. The van der Waals surface area contributed by atoms with Crippen molar-refractivity contribution < 1.29 is 9.53 Å². The first-order chi connectivity index (χ1) is 8.22. The van der Waals surface area contributed by atoms with Gasteiger partial charge in [-0.25, -0.2) is 0 Å². The lowest BCUT2D eigenvalue weighted by molar-refractivity contribution is -0.119. The summed E-state index contributed by atoms with van der Waals surface area (Å²) in [5.41, 5.74) is 0. The van der Waals surface area contributed by atoms with Crippen molar-refractivity contribution in [2.24, 2.45) is 5.92 Å². The fourth-order valence-corrected chi connectivity index (χ4v) is 2.16. The van der Waals surface area contributed by atoms with Gasteiger partial charge >= 0.3 is 0 Å². The molecule has 0 unspecified atom stereocenters. The molecule has 1 saturated heterocycles. The molecule has 17 heavy (non-hydrogen) atoms. The van der Waals surface area contributed by atoms with Crippen LogP contribution in [-0.4, -0.2) is 56.1 Å². The van der Waals surface area contributed by atoms with Crippen LogP contribution in [0.2, 0.25) is 0 Å². The smallest absolute Gasteiger partial charge is 0.216 e. The normalized spacial score (nSPS) is 18.2. The lowest BCUT2D eigenvalue weighted by Crippen LogP contribution is -2.39. The average molecular weight is 263 g/mol. The van der Waals surface area contributed by atoms with Gasteiger partial charge in [-0.15, -0.1) is 11.6 Å². The third-order valence-corrected chi connectivity index (χ3v) is 3.27. The van der Waals surface area contributed by atoms with Crippen molar-refractivity contribution in [2.75, 3.05) is 45.3 Å². The predicted octanol–water partition coefficient (Wildman–Crippen LogP) is 1.09. The standard InChI is InChI=1S/C12H23ClN2O2/c1-11(16)14-10-12-2-5-15(6-3-12)7-9-17-8-4-13/h12H,2-10H2,1H3,(H,14,16). The molecule has 0 saturated carbocycles. The Balaban J connectivity index is 2.03. The summed E-state index contributed by atoms with van der Waals surface area (Å²) in [7, 11) is 0. The van der Waals surface area contributed by atoms with Gasteiger partial charge in [0.25, 0.3) is 0 Å². The van der Waals surface area contributed by atoms with Gasteiger partial charge in [0.1, 0.15) is 0 Å². The Hall–Kier alpha value is -0.320. The highest BCUT2D eigenvalue weighted by Crippen LogP contribution is 2.15. The second-order valence-electron chi connectivity index (χ2n) is 4.52. The van der Waals surface area contributed by atoms with Gasteiger partial charge < -0.3 is 15.0 Å². The van der Waals surface area contributed by atoms with Gasteiger partial charge in [-0.05, 0) is 31.8 Å². The van der Waals surface area contributed by atoms with E-state index in [4.69, 9.17) is 16.3 Å². The average Bonchev–Trinajstić information content (AvgIpc) is 2.33. The minimum atomic E-state index is 0.0712. The predicted molar refractivity (Wildman–Crippen MR) is 69.4 cm³/mol. The topological polar surface area (TPSA) is 41.6 Å². The number of likely N-dealkylation sites (tertiary alicyclic amines) is 1. The molecule has 1 fully saturated rings. The zero-order valence-corrected chi connectivity index (χ0v) is 11.3. The van der Waals surface area contributed by atoms with Crippen LogP contribution >= 0.6 is 11.6 Å². The van der Waals surface area contributed by atoms with E-state index >= 15 is 0 Å². The number of alkyl halides is 1. The minimum Gasteiger partial charge on any atom is -0.379 e. The van der Waals surface area contributed by atoms with Gasteiger partial charge in [0.2, 0.25) is 5.91 Å². The molecule has 0 radical (unpaired) electrons. The molecule has 1 amide bonds. The Morgan fingerprint density at radius 2 is 2.12 bits per heavy atom. The molecule has 0 aromatic heterocycles. The van der Waals surface area contributed by atoms with Crippen LogP contribution in [0.25, 0.3) is 0 Å². The van der Waals surface area contributed by atoms with E-state index in [-0.39, 0.29) is 5.91 Å². The number of piperidine rings is 1. The zero-order chi connectivity index (χ0) is 12.5. The Morgan fingerprint density at radius 3 is 2.71 bits per heavy atom. The Bertz CT molecular complexity index is 219. The number of nitrogens with zero attached hydrogens (tertiary/aromatic N) is 1. The third kappa shape index (κ3) is 6.86. The van der Waals surface area contributed by atoms with Crippen LogP contribution in [0, 0.1) is 5.92 Å². The number of hydrogen-bond donors (Lipinski definition) is 1. The van der Waals surface area contributed by atoms with Crippen LogP contribution < -0.4 is 5.32 Å². The Morgan fingerprint density at radius 1 is 1.41 bits per heavy atom. The highest BCUT2D eigenvalue weighted by Gasteiger charge is 2.18. The van der Waals surface area contributed by atoms with Crippen molar-refractivity contribution in [1.82, 2.24) is 10.2 Å². The lowest BCUT2D eigenvalue weighted by Gasteiger charge is -2.31. The number of amides is 1. The van der Waals surface area contributed by atoms with Gasteiger partial charge in [0.05, 0.1) is 13.2 Å². The van der Waals surface area contributed by atoms with Crippen molar-refractivity contribution in [2.45, 2.75) is 19.8 Å². The number of rotatable bonds is 7. The maximum atomic E-state index is 10.8. The molecule has 5 heteroatoms. The largest absolute Gasteiger partial charge is 0.379 e. The van der Waals surface area contributed by atoms with Crippen LogP contribution in [-0.2, 0) is 9.53 Å². The highest BCUT2D eigenvalue weighted by molar-refractivity contribution is 6.17. The molecule has 4 nitrogen and oxygen atoms in total. The molecule has 0 bridgehead atoms. The zero-order valence-electron chi connectivity index (χ0n) is 10.6. The molecule has 1 rings (SSSR count). The fourth-order valence-electron chi connectivity index (χ4n) is 2.05. The lowest BCUT2D eigenvalue weighted by atomic mass is 9.97. The van der Waals surface area contributed by atoms with E-state index in [1.807, 2.05) is 0 Å². The van der Waals surface area contributed by atoms with Crippen LogP contribution in [0.4, 0.5) is 0 Å². The van der Waals surface area contributed by atoms with Crippen LogP contribution in [0.15, 0.2) is 0 Å². The van der Waals surface area contributed by atoms with Gasteiger partial charge in [0.15, 0.2) is 0 Å². The van der Waals surface area contributed by atoms with E-state index < -0.39 is 0 Å². The first kappa shape index (κ1) is 14.7. The summed E-state index contributed by atoms with van der Waals surface area (Å²) in [5, 5.41) is 2.89. The van der Waals surface area contributed by atoms with Gasteiger partial charge in [-0.2, -0.15) is 0 Å². The van der Waals surface area contributed by atoms with E-state index in [2.05, 4.69) is 10.2 Å². The molecule has 0 aromatic carbocycles. The number of ether oxygens (including phenoxy) is 1. The second kappa shape index (κ2) is 8.72. The second-order valence-corrected chi connectivity index (χ2v) is 4.90. The molecule has 0 atom stereocenters. The molecule has 0 aliphatic carbocycles. The number of carbonyl (C=O) groups is 1. The summed E-state index contributed by atoms with van der Waals surface area (Å²) in [6.07, 6.45) is 2.32. The van der Waals surface area contributed by atoms with Crippen LogP contribution in [0.3, 0.4) is 0 Å². The molecule has 1 aliphatic rings. The number of nitrogens with one attached hydrogen (secondary N) is 1. The van der Waals surface area contributed by atoms with Gasteiger partial charge in [0, 0.05) is 25.9 Å². The monoisotopic (exact) mass is 262 g/mol. The molecular formula is C12H23ClN2O2. The van der Waals surface area contributed by atoms with E-state index in [0.29, 0.717) is 18.4 Å². The molecule has 1 aliphatic heterocycles. The maximum absolute atomic E-state index is 10.8. The summed E-state index contributed by atoms with van der Waals surface area (Å²) >= 11 is 5.53. The van der Waals surface area contributed by atoms with Crippen molar-refractivity contribution >= 4 is 17.5 Å². The SMILES string of the molecule is CC(=O)NCC1CCN(CCOCCCl)CC1. The molecule has 1 N–H and O–H groups in total. The number of hydrogen-bond acceptors (Lipinski definition) is 3. The summed E-state index contributed by atoms with van der Waals surface area (Å²) < 4.78 is 5.36. The first-order valence-electron chi connectivity index (χ1n) is 6.33. The molecule has 100 valence electrons. The molecular weight excluding hydrogens is 240 g/mol. The van der Waals surface area contributed by atoms with E-state index in [1.165, 1.54) is 0 Å². The fraction of sp³-hybridized carbons (Fsp3) is 0.917. The minimum absolute atomic E-state index is 0.0712. The third-order valence-electron chi connectivity index (χ3n) is 3.12. The molecule has 0 spiro atoms. The maximum Gasteiger partial charge on any atom is 0.216 e. The molecule has 1 heterocycles. The van der Waals surface area contributed by atoms with Gasteiger partial charge in [-0.1, -0.05) is 0 Å². The summed E-state index contributed by atoms with van der Waals surface area (Å²) in [5.74, 6) is 1.28. The van der Waals surface area contributed by atoms with Crippen molar-refractivity contribution in [3.63, 3.8) is 0 Å². The first-order valence-corrected chi connectivity index (χ1v) is 6.86. The van der Waals surface area contributed by atoms with Gasteiger partial charge in [-0.3, -0.25) is 4.79 Å². The van der Waals surface area contributed by atoms with E-state index in [1.54, 1.807) is 6.92 Å². The summed E-state index contributed by atoms with van der Waals surface area (Å²) in [6.45, 7) is 7.01. The van der Waals surface area contributed by atoms with Crippen molar-refractivity contribution in [3.05, 3.63) is 0 Å². The summed E-state index contributed by atoms with van der Waals surface area (Å²) in [6, 6.07) is 0. The van der Waals surface area contributed by atoms with Crippen molar-refractivity contribution in [3.8, 4) is 0 Å². The van der Waals surface area contributed by atoms with Crippen molar-refractivity contribution in [1.29, 1.82) is 0 Å². The number of halogens is 1. The molecule has 0 aromatic rings. The van der Waals surface area contributed by atoms with Crippen LogP contribution in [0.5, 0.6) is 0 Å².